The maximum Gasteiger partial charge on any atom is 0.184 e. The number of nitrogens with zero attached hydrogens (tertiary/aromatic N) is 6. The Bertz CT molecular complexity index is 1170. The Labute approximate surface area is 139 Å². The van der Waals surface area contributed by atoms with Crippen molar-refractivity contribution >= 4 is 32.9 Å². The molecule has 0 bridgehead atoms. The fourth-order valence-corrected chi connectivity index (χ4v) is 3.74. The van der Waals surface area contributed by atoms with Gasteiger partial charge in [0.05, 0.1) is 11.8 Å². The van der Waals surface area contributed by atoms with Gasteiger partial charge in [-0.05, 0) is 21.9 Å². The lowest BCUT2D eigenvalue weighted by Gasteiger charge is -2.06. The summed E-state index contributed by atoms with van der Waals surface area (Å²) < 4.78 is 2.82. The van der Waals surface area contributed by atoms with E-state index in [-0.39, 0.29) is 0 Å². The molecule has 5 rings (SSSR count). The van der Waals surface area contributed by atoms with Crippen LogP contribution in [0, 0.1) is 0 Å². The Morgan fingerprint density at radius 2 is 2.00 bits per heavy atom. The minimum absolute atomic E-state index is 0.505. The van der Waals surface area contributed by atoms with Crippen molar-refractivity contribution in [2.75, 3.05) is 5.73 Å². The molecule has 8 nitrogen and oxygen atoms in total. The van der Waals surface area contributed by atoms with Crippen molar-refractivity contribution in [3.63, 3.8) is 0 Å². The van der Waals surface area contributed by atoms with Gasteiger partial charge >= 0.3 is 0 Å². The molecule has 4 aromatic heterocycles. The highest BCUT2D eigenvalue weighted by Crippen LogP contribution is 2.36. The van der Waals surface area contributed by atoms with Crippen molar-refractivity contribution in [1.29, 1.82) is 0 Å². The van der Waals surface area contributed by atoms with Crippen molar-refractivity contribution in [3.8, 4) is 22.5 Å². The van der Waals surface area contributed by atoms with Gasteiger partial charge in [0.1, 0.15) is 5.82 Å². The van der Waals surface area contributed by atoms with Gasteiger partial charge in [-0.3, -0.25) is 0 Å². The van der Waals surface area contributed by atoms with Gasteiger partial charge in [-0.25, -0.2) is 10.1 Å². The van der Waals surface area contributed by atoms with Crippen molar-refractivity contribution < 1.29 is 0 Å². The highest BCUT2D eigenvalue weighted by atomic mass is 32.1. The minimum Gasteiger partial charge on any atom is -0.383 e. The second kappa shape index (κ2) is 4.83. The monoisotopic (exact) mass is 334 g/mol. The number of nitrogen functional groups attached to an aromatic ring is 1. The highest BCUT2D eigenvalue weighted by Gasteiger charge is 2.17. The zero-order valence-corrected chi connectivity index (χ0v) is 13.0. The van der Waals surface area contributed by atoms with Crippen LogP contribution >= 0.6 is 11.3 Å². The van der Waals surface area contributed by atoms with E-state index >= 15 is 0 Å². The molecule has 9 heteroatoms. The number of hydrogen-bond donors (Lipinski definition) is 2. The first-order valence-electron chi connectivity index (χ1n) is 7.16. The smallest absolute Gasteiger partial charge is 0.184 e. The third-order valence-corrected chi connectivity index (χ3v) is 4.90. The van der Waals surface area contributed by atoms with Crippen molar-refractivity contribution in [1.82, 2.24) is 35.2 Å². The third-order valence-electron chi connectivity index (χ3n) is 3.94. The predicted molar refractivity (Wildman–Crippen MR) is 91.4 cm³/mol. The summed E-state index contributed by atoms with van der Waals surface area (Å²) in [6, 6.07) is 8.22. The molecular formula is C15H10N8S. The number of aromatic nitrogens is 7. The number of H-pyrrole nitrogens is 1. The molecule has 0 unspecified atom stereocenters. The molecule has 5 aromatic rings. The fraction of sp³-hybridized carbons (Fsp3) is 0. The van der Waals surface area contributed by atoms with Crippen LogP contribution in [0.4, 0.5) is 5.82 Å². The normalized spacial score (nSPS) is 11.5. The van der Waals surface area contributed by atoms with Gasteiger partial charge in [0.25, 0.3) is 0 Å². The Hall–Kier alpha value is -3.33. The maximum atomic E-state index is 6.37. The first-order valence-corrected chi connectivity index (χ1v) is 8.04. The number of hydrogen-bond acceptors (Lipinski definition) is 7. The van der Waals surface area contributed by atoms with E-state index in [9.17, 15) is 0 Å². The van der Waals surface area contributed by atoms with Gasteiger partial charge in [-0.2, -0.15) is 9.61 Å². The largest absolute Gasteiger partial charge is 0.383 e. The second-order valence-electron chi connectivity index (χ2n) is 5.25. The van der Waals surface area contributed by atoms with E-state index in [1.807, 2.05) is 12.1 Å². The number of fused-ring (bicyclic) bond motifs is 2. The predicted octanol–water partition coefficient (Wildman–Crippen LogP) is 2.37. The van der Waals surface area contributed by atoms with Crippen LogP contribution in [0.2, 0.25) is 0 Å². The SMILES string of the molecule is Nc1c(-c2csc3ccccc23)cnc2c(-c3nnn[nH]3)cnn12. The van der Waals surface area contributed by atoms with E-state index < -0.39 is 0 Å². The van der Waals surface area contributed by atoms with E-state index in [4.69, 9.17) is 5.73 Å². The number of thiophene rings is 1. The zero-order valence-electron chi connectivity index (χ0n) is 12.2. The van der Waals surface area contributed by atoms with Gasteiger partial charge < -0.3 is 5.73 Å². The van der Waals surface area contributed by atoms with Gasteiger partial charge in [0.2, 0.25) is 0 Å². The lowest BCUT2D eigenvalue weighted by Crippen LogP contribution is -2.02. The fourth-order valence-electron chi connectivity index (χ4n) is 2.78. The second-order valence-corrected chi connectivity index (χ2v) is 6.16. The number of nitrogens with one attached hydrogen (secondary N) is 1. The maximum absolute atomic E-state index is 6.37. The topological polar surface area (TPSA) is 111 Å². The number of benzene rings is 1. The summed E-state index contributed by atoms with van der Waals surface area (Å²) in [6.45, 7) is 0. The zero-order chi connectivity index (χ0) is 16.1. The minimum atomic E-state index is 0.505. The molecule has 0 saturated carbocycles. The number of nitrogens with two attached hydrogens (primary N) is 1. The summed E-state index contributed by atoms with van der Waals surface area (Å²) in [5.41, 5.74) is 9.59. The van der Waals surface area contributed by atoms with Crippen molar-refractivity contribution in [2.24, 2.45) is 0 Å². The van der Waals surface area contributed by atoms with E-state index in [1.165, 1.54) is 4.70 Å². The van der Waals surface area contributed by atoms with Gasteiger partial charge in [-0.1, -0.05) is 18.2 Å². The summed E-state index contributed by atoms with van der Waals surface area (Å²) in [4.78, 5) is 4.53. The summed E-state index contributed by atoms with van der Waals surface area (Å²) in [5, 5.41) is 21.4. The third kappa shape index (κ3) is 1.75. The number of aromatic amines is 1. The van der Waals surface area contributed by atoms with Gasteiger partial charge in [0, 0.05) is 27.4 Å². The summed E-state index contributed by atoms with van der Waals surface area (Å²) in [5.74, 6) is 1.04. The van der Waals surface area contributed by atoms with Gasteiger partial charge in [0.15, 0.2) is 11.5 Å². The van der Waals surface area contributed by atoms with Crippen LogP contribution in [0.3, 0.4) is 0 Å². The average Bonchev–Trinajstić information content (AvgIpc) is 3.34. The van der Waals surface area contributed by atoms with E-state index in [0.717, 1.165) is 16.5 Å². The molecule has 116 valence electrons. The van der Waals surface area contributed by atoms with Gasteiger partial charge in [-0.15, -0.1) is 16.4 Å². The molecule has 0 radical (unpaired) electrons. The molecule has 3 N–H and O–H groups in total. The molecule has 0 aliphatic carbocycles. The molecule has 0 aliphatic rings. The first-order chi connectivity index (χ1) is 11.8. The summed E-state index contributed by atoms with van der Waals surface area (Å²) >= 11 is 1.68. The molecule has 0 aliphatic heterocycles. The van der Waals surface area contributed by atoms with E-state index in [0.29, 0.717) is 22.9 Å². The van der Waals surface area contributed by atoms with Crippen molar-refractivity contribution in [2.45, 2.75) is 0 Å². The van der Waals surface area contributed by atoms with Crippen LogP contribution in [0.5, 0.6) is 0 Å². The average molecular weight is 334 g/mol. The molecule has 0 spiro atoms. The van der Waals surface area contributed by atoms with Crippen molar-refractivity contribution in [3.05, 3.63) is 42.0 Å². The highest BCUT2D eigenvalue weighted by molar-refractivity contribution is 7.17. The number of anilines is 1. The Kier molecular flexibility index (Phi) is 2.65. The van der Waals surface area contributed by atoms with Crippen LogP contribution in [0.1, 0.15) is 0 Å². The Balaban J connectivity index is 1.75. The van der Waals surface area contributed by atoms with Crippen LogP contribution < -0.4 is 5.73 Å². The van der Waals surface area contributed by atoms with Crippen LogP contribution in [-0.4, -0.2) is 35.2 Å². The standard InChI is InChI=1S/C15H10N8S/c16-13-9(11-7-24-12-4-2-1-3-8(11)12)5-17-15-10(6-18-23(13)15)14-19-21-22-20-14/h1-7H,16H2,(H,19,20,21,22). The van der Waals surface area contributed by atoms with E-state index in [2.05, 4.69) is 48.2 Å². The molecule has 24 heavy (non-hydrogen) atoms. The molecule has 0 atom stereocenters. The molecule has 1 aromatic carbocycles. The lowest BCUT2D eigenvalue weighted by molar-refractivity contribution is 0.881. The summed E-state index contributed by atoms with van der Waals surface area (Å²) in [7, 11) is 0. The van der Waals surface area contributed by atoms with Crippen LogP contribution in [0.15, 0.2) is 42.0 Å². The van der Waals surface area contributed by atoms with Crippen LogP contribution in [0.25, 0.3) is 38.2 Å². The lowest BCUT2D eigenvalue weighted by atomic mass is 10.1. The molecular weight excluding hydrogens is 324 g/mol. The van der Waals surface area contributed by atoms with Crippen LogP contribution in [-0.2, 0) is 0 Å². The summed E-state index contributed by atoms with van der Waals surface area (Å²) in [6.07, 6.45) is 3.42. The van der Waals surface area contributed by atoms with E-state index in [1.54, 1.807) is 28.2 Å². The Morgan fingerprint density at radius 3 is 2.88 bits per heavy atom. The molecule has 0 saturated heterocycles. The number of tetrazole rings is 1. The molecule has 0 amide bonds. The molecule has 4 heterocycles. The number of rotatable bonds is 2. The Morgan fingerprint density at radius 1 is 1.08 bits per heavy atom. The quantitative estimate of drug-likeness (QED) is 0.513. The molecule has 0 fully saturated rings. The first kappa shape index (κ1) is 13.1.